The number of fused-ring (bicyclic) bond motifs is 3. The Hall–Kier alpha value is -0.300. The first-order valence-electron chi connectivity index (χ1n) is 9.22. The summed E-state index contributed by atoms with van der Waals surface area (Å²) in [6.07, 6.45) is 12.1. The highest BCUT2D eigenvalue weighted by molar-refractivity contribution is 5.22. The van der Waals surface area contributed by atoms with Crippen molar-refractivity contribution in [3.05, 3.63) is 12.2 Å². The van der Waals surface area contributed by atoms with Crippen LogP contribution in [0.25, 0.3) is 0 Å². The molecule has 0 aromatic heterocycles. The summed E-state index contributed by atoms with van der Waals surface area (Å²) >= 11 is 0. The normalized spacial score (nSPS) is 51.4. The van der Waals surface area contributed by atoms with Crippen LogP contribution in [0.4, 0.5) is 0 Å². The Morgan fingerprint density at radius 2 is 1.90 bits per heavy atom. The molecule has 0 aromatic carbocycles. The average Bonchev–Trinajstić information content (AvgIpc) is 2.67. The largest absolute Gasteiger partial charge is 0.396 e. The van der Waals surface area contributed by atoms with E-state index in [2.05, 4.69) is 20.4 Å². The number of aliphatic hydroxyl groups excluding tert-OH is 1. The molecular formula is C20H32O. The predicted octanol–water partition coefficient (Wildman–Crippen LogP) is 4.95. The van der Waals surface area contributed by atoms with Crippen molar-refractivity contribution in [3.8, 4) is 0 Å². The molecule has 1 N–H and O–H groups in total. The van der Waals surface area contributed by atoms with Crippen LogP contribution in [0.2, 0.25) is 0 Å². The zero-order chi connectivity index (χ0) is 14.9. The molecule has 5 atom stereocenters. The maximum Gasteiger partial charge on any atom is 0.0493 e. The van der Waals surface area contributed by atoms with Gasteiger partial charge in [-0.3, -0.25) is 0 Å². The molecule has 1 nitrogen and oxygen atoms in total. The summed E-state index contributed by atoms with van der Waals surface area (Å²) in [7, 11) is 0. The summed E-state index contributed by atoms with van der Waals surface area (Å²) < 4.78 is 0. The first kappa shape index (κ1) is 14.3. The highest BCUT2D eigenvalue weighted by Crippen LogP contribution is 2.72. The molecule has 4 aliphatic carbocycles. The fraction of sp³-hybridized carbons (Fsp3) is 0.900. The fourth-order valence-corrected chi connectivity index (χ4v) is 7.64. The lowest BCUT2D eigenvalue weighted by atomic mass is 9.41. The van der Waals surface area contributed by atoms with Gasteiger partial charge in [-0.25, -0.2) is 0 Å². The Morgan fingerprint density at radius 1 is 1.10 bits per heavy atom. The summed E-state index contributed by atoms with van der Waals surface area (Å²) in [5.41, 5.74) is 2.72. The van der Waals surface area contributed by atoms with E-state index in [1.807, 2.05) is 0 Å². The van der Waals surface area contributed by atoms with Gasteiger partial charge in [0.25, 0.3) is 0 Å². The van der Waals surface area contributed by atoms with Crippen LogP contribution in [0.1, 0.15) is 71.6 Å². The Balaban J connectivity index is 1.77. The minimum absolute atomic E-state index is 0.232. The van der Waals surface area contributed by atoms with Crippen molar-refractivity contribution < 1.29 is 5.11 Å². The Labute approximate surface area is 130 Å². The number of allylic oxidation sites excluding steroid dienone is 1. The van der Waals surface area contributed by atoms with E-state index in [-0.39, 0.29) is 5.41 Å². The van der Waals surface area contributed by atoms with Crippen LogP contribution < -0.4 is 0 Å². The van der Waals surface area contributed by atoms with Crippen LogP contribution >= 0.6 is 0 Å². The van der Waals surface area contributed by atoms with E-state index in [0.717, 1.165) is 17.8 Å². The summed E-state index contributed by atoms with van der Waals surface area (Å²) in [6.45, 7) is 9.78. The third kappa shape index (κ3) is 1.73. The second-order valence-corrected chi connectivity index (χ2v) is 9.55. The SMILES string of the molecule is C=C1C[C@@]23CC[C@H]4C(C)(C)CCC[C@@]4(CO)[C@@H]2CC[C@H]1C3. The van der Waals surface area contributed by atoms with Crippen molar-refractivity contribution in [1.29, 1.82) is 0 Å². The molecule has 4 aliphatic rings. The van der Waals surface area contributed by atoms with Crippen molar-refractivity contribution in [2.75, 3.05) is 6.61 Å². The topological polar surface area (TPSA) is 20.2 Å². The fourth-order valence-electron chi connectivity index (χ4n) is 7.64. The van der Waals surface area contributed by atoms with Gasteiger partial charge in [0.15, 0.2) is 0 Å². The van der Waals surface area contributed by atoms with Crippen molar-refractivity contribution in [2.45, 2.75) is 71.6 Å². The van der Waals surface area contributed by atoms with Crippen LogP contribution in [0.3, 0.4) is 0 Å². The lowest BCUT2D eigenvalue weighted by Gasteiger charge is -2.64. The van der Waals surface area contributed by atoms with E-state index in [1.165, 1.54) is 57.8 Å². The monoisotopic (exact) mass is 288 g/mol. The highest BCUT2D eigenvalue weighted by atomic mass is 16.3. The van der Waals surface area contributed by atoms with Gasteiger partial charge in [-0.1, -0.05) is 32.4 Å². The van der Waals surface area contributed by atoms with Crippen molar-refractivity contribution in [2.24, 2.45) is 34.0 Å². The van der Waals surface area contributed by atoms with E-state index in [1.54, 1.807) is 5.57 Å². The standard InChI is InChI=1S/C20H32O/c1-14-11-19-10-7-16-18(2,3)8-4-9-20(16,13-21)17(19)6-5-15(14)12-19/h15-17,21H,1,4-13H2,2-3H3/t15-,16-,17+,19+,20-/m0/s1. The second kappa shape index (κ2) is 4.37. The zero-order valence-electron chi connectivity index (χ0n) is 14.0. The number of hydrogen-bond acceptors (Lipinski definition) is 1. The van der Waals surface area contributed by atoms with Crippen molar-refractivity contribution >= 4 is 0 Å². The first-order chi connectivity index (χ1) is 9.94. The lowest BCUT2D eigenvalue weighted by molar-refractivity contribution is -0.173. The third-order valence-corrected chi connectivity index (χ3v) is 8.37. The molecule has 4 fully saturated rings. The summed E-state index contributed by atoms with van der Waals surface area (Å²) in [4.78, 5) is 0. The molecule has 0 saturated heterocycles. The van der Waals surface area contributed by atoms with Gasteiger partial charge in [-0.05, 0) is 80.0 Å². The van der Waals surface area contributed by atoms with E-state index in [4.69, 9.17) is 0 Å². The minimum atomic E-state index is 0.232. The molecule has 0 radical (unpaired) electrons. The number of aliphatic hydroxyl groups is 1. The molecule has 4 saturated carbocycles. The van der Waals surface area contributed by atoms with Crippen molar-refractivity contribution in [1.82, 2.24) is 0 Å². The molecule has 1 spiro atoms. The molecule has 2 bridgehead atoms. The Kier molecular flexibility index (Phi) is 2.98. The maximum atomic E-state index is 10.5. The third-order valence-electron chi connectivity index (χ3n) is 8.37. The second-order valence-electron chi connectivity index (χ2n) is 9.55. The Morgan fingerprint density at radius 3 is 2.67 bits per heavy atom. The van der Waals surface area contributed by atoms with Crippen LogP contribution in [0, 0.1) is 34.0 Å². The maximum absolute atomic E-state index is 10.5. The predicted molar refractivity (Wildman–Crippen MR) is 86.9 cm³/mol. The van der Waals surface area contributed by atoms with Gasteiger partial charge in [0.05, 0.1) is 0 Å². The van der Waals surface area contributed by atoms with Gasteiger partial charge in [-0.2, -0.15) is 0 Å². The van der Waals surface area contributed by atoms with Gasteiger partial charge < -0.3 is 5.11 Å². The van der Waals surface area contributed by atoms with Crippen LogP contribution in [-0.4, -0.2) is 11.7 Å². The smallest absolute Gasteiger partial charge is 0.0493 e. The van der Waals surface area contributed by atoms with E-state index >= 15 is 0 Å². The zero-order valence-corrected chi connectivity index (χ0v) is 14.0. The summed E-state index contributed by atoms with van der Waals surface area (Å²) in [6, 6.07) is 0. The molecule has 0 aromatic rings. The van der Waals surface area contributed by atoms with Gasteiger partial charge in [0.1, 0.15) is 0 Å². The minimum Gasteiger partial charge on any atom is -0.396 e. The first-order valence-corrected chi connectivity index (χ1v) is 9.22. The summed E-state index contributed by atoms with van der Waals surface area (Å²) in [5, 5.41) is 10.5. The molecule has 4 rings (SSSR count). The number of hydrogen-bond donors (Lipinski definition) is 1. The van der Waals surface area contributed by atoms with Crippen LogP contribution in [0.5, 0.6) is 0 Å². The Bertz CT molecular complexity index is 464. The van der Waals surface area contributed by atoms with Gasteiger partial charge >= 0.3 is 0 Å². The quantitative estimate of drug-likeness (QED) is 0.677. The molecule has 0 aliphatic heterocycles. The van der Waals surface area contributed by atoms with E-state index < -0.39 is 0 Å². The highest BCUT2D eigenvalue weighted by Gasteiger charge is 2.64. The van der Waals surface area contributed by atoms with Gasteiger partial charge in [0.2, 0.25) is 0 Å². The molecule has 0 heterocycles. The van der Waals surface area contributed by atoms with Crippen molar-refractivity contribution in [3.63, 3.8) is 0 Å². The molecule has 0 unspecified atom stereocenters. The van der Waals surface area contributed by atoms with E-state index in [9.17, 15) is 5.11 Å². The summed E-state index contributed by atoms with van der Waals surface area (Å²) in [5.74, 6) is 2.32. The molecular weight excluding hydrogens is 256 g/mol. The van der Waals surface area contributed by atoms with Crippen LogP contribution in [-0.2, 0) is 0 Å². The lowest BCUT2D eigenvalue weighted by Crippen LogP contribution is -2.58. The molecule has 0 amide bonds. The molecule has 21 heavy (non-hydrogen) atoms. The van der Waals surface area contributed by atoms with Gasteiger partial charge in [0, 0.05) is 12.0 Å². The molecule has 1 heteroatoms. The average molecular weight is 288 g/mol. The molecule has 118 valence electrons. The van der Waals surface area contributed by atoms with E-state index in [0.29, 0.717) is 17.4 Å². The number of rotatable bonds is 1. The van der Waals surface area contributed by atoms with Gasteiger partial charge in [-0.15, -0.1) is 0 Å². The van der Waals surface area contributed by atoms with Crippen LogP contribution in [0.15, 0.2) is 12.2 Å².